The van der Waals surface area contributed by atoms with Crippen LogP contribution in [0.3, 0.4) is 0 Å². The van der Waals surface area contributed by atoms with Crippen LogP contribution in [-0.2, 0) is 24.2 Å². The summed E-state index contributed by atoms with van der Waals surface area (Å²) in [5, 5.41) is 20.1. The number of hydrogen-bond donors (Lipinski definition) is 3. The number of amides is 2. The molecule has 3 aromatic carbocycles. The zero-order valence-electron chi connectivity index (χ0n) is 24.4. The number of thiazole rings is 1. The van der Waals surface area contributed by atoms with E-state index in [4.69, 9.17) is 4.74 Å². The third-order valence-corrected chi connectivity index (χ3v) is 7.82. The Morgan fingerprint density at radius 3 is 2.37 bits per heavy atom. The Morgan fingerprint density at radius 2 is 1.65 bits per heavy atom. The predicted octanol–water partition coefficient (Wildman–Crippen LogP) is 4.00. The number of ether oxygens (including phenoxy) is 1. The molecule has 0 bridgehead atoms. The first-order valence-corrected chi connectivity index (χ1v) is 14.8. The number of nitrogens with one attached hydrogen (secondary N) is 2. The van der Waals surface area contributed by atoms with Crippen LogP contribution in [0.2, 0.25) is 0 Å². The highest BCUT2D eigenvalue weighted by Gasteiger charge is 2.23. The smallest absolute Gasteiger partial charge is 0.337 e. The summed E-state index contributed by atoms with van der Waals surface area (Å²) in [5.74, 6) is -1.03. The van der Waals surface area contributed by atoms with Crippen LogP contribution in [-0.4, -0.2) is 65.6 Å². The SMILES string of the molecule is COC(=O)c1cccc(CNCC(O)C(Cc2ccccc2)NC(=O)c2cccc(C(=O)N(C)Cc3nc(C)cs3)c2)c1. The number of carbonyl (C=O) groups is 3. The Bertz CT molecular complexity index is 1540. The van der Waals surface area contributed by atoms with Crippen LogP contribution < -0.4 is 10.6 Å². The van der Waals surface area contributed by atoms with Crippen LogP contribution in [0.15, 0.2) is 84.2 Å². The quantitative estimate of drug-likeness (QED) is 0.198. The van der Waals surface area contributed by atoms with E-state index in [2.05, 4.69) is 15.6 Å². The molecule has 43 heavy (non-hydrogen) atoms. The summed E-state index contributed by atoms with van der Waals surface area (Å²) in [7, 11) is 3.04. The second-order valence-electron chi connectivity index (χ2n) is 10.3. The Labute approximate surface area is 255 Å². The van der Waals surface area contributed by atoms with Crippen LogP contribution in [0.5, 0.6) is 0 Å². The van der Waals surface area contributed by atoms with E-state index in [-0.39, 0.29) is 12.5 Å². The zero-order valence-corrected chi connectivity index (χ0v) is 25.3. The average molecular weight is 601 g/mol. The van der Waals surface area contributed by atoms with E-state index in [1.54, 1.807) is 54.4 Å². The molecule has 0 fully saturated rings. The molecule has 4 rings (SSSR count). The summed E-state index contributed by atoms with van der Waals surface area (Å²) in [5.41, 5.74) is 3.88. The summed E-state index contributed by atoms with van der Waals surface area (Å²) >= 11 is 1.50. The highest BCUT2D eigenvalue weighted by molar-refractivity contribution is 7.09. The van der Waals surface area contributed by atoms with Gasteiger partial charge in [-0.05, 0) is 54.8 Å². The fraction of sp³-hybridized carbons (Fsp3) is 0.273. The van der Waals surface area contributed by atoms with Crippen LogP contribution >= 0.6 is 11.3 Å². The van der Waals surface area contributed by atoms with Crippen molar-refractivity contribution in [3.8, 4) is 0 Å². The molecule has 1 heterocycles. The number of aliphatic hydroxyl groups excluding tert-OH is 1. The average Bonchev–Trinajstić information content (AvgIpc) is 3.44. The Balaban J connectivity index is 1.42. The number of esters is 1. The van der Waals surface area contributed by atoms with Gasteiger partial charge in [-0.15, -0.1) is 11.3 Å². The minimum Gasteiger partial charge on any atom is -0.465 e. The standard InChI is InChI=1S/C33H36N4O5S/c1-22-21-43-30(35-22)20-37(2)32(40)26-13-8-12-25(17-26)31(39)36-28(16-23-9-5-4-6-10-23)29(38)19-34-18-24-11-7-14-27(15-24)33(41)42-3/h4-15,17,21,28-29,34,38H,16,18-20H2,1-3H3,(H,36,39). The van der Waals surface area contributed by atoms with E-state index in [1.807, 2.05) is 48.7 Å². The van der Waals surface area contributed by atoms with Gasteiger partial charge in [-0.25, -0.2) is 9.78 Å². The number of hydrogen-bond acceptors (Lipinski definition) is 8. The molecule has 224 valence electrons. The number of aryl methyl sites for hydroxylation is 1. The van der Waals surface area contributed by atoms with Gasteiger partial charge in [-0.1, -0.05) is 48.5 Å². The third kappa shape index (κ3) is 9.05. The lowest BCUT2D eigenvalue weighted by Crippen LogP contribution is -2.48. The van der Waals surface area contributed by atoms with Gasteiger partial charge in [-0.3, -0.25) is 9.59 Å². The summed E-state index contributed by atoms with van der Waals surface area (Å²) < 4.78 is 4.79. The van der Waals surface area contributed by atoms with Gasteiger partial charge in [0.05, 0.1) is 31.4 Å². The molecule has 0 aliphatic heterocycles. The molecule has 0 saturated carbocycles. The molecule has 1 aromatic heterocycles. The maximum Gasteiger partial charge on any atom is 0.337 e. The van der Waals surface area contributed by atoms with Gasteiger partial charge in [-0.2, -0.15) is 0 Å². The number of benzene rings is 3. The minimum atomic E-state index is -0.925. The summed E-state index contributed by atoms with van der Waals surface area (Å²) in [6.45, 7) is 2.89. The normalized spacial score (nSPS) is 12.3. The van der Waals surface area contributed by atoms with E-state index in [0.29, 0.717) is 36.2 Å². The van der Waals surface area contributed by atoms with Crippen LogP contribution in [0.1, 0.15) is 52.9 Å². The molecular weight excluding hydrogens is 564 g/mol. The van der Waals surface area contributed by atoms with E-state index >= 15 is 0 Å². The third-order valence-electron chi connectivity index (χ3n) is 6.87. The van der Waals surface area contributed by atoms with Gasteiger partial charge >= 0.3 is 5.97 Å². The minimum absolute atomic E-state index is 0.194. The molecule has 2 atom stereocenters. The van der Waals surface area contributed by atoms with Crippen molar-refractivity contribution in [2.45, 2.75) is 38.6 Å². The molecule has 0 spiro atoms. The number of carbonyl (C=O) groups excluding carboxylic acids is 3. The molecule has 4 aromatic rings. The van der Waals surface area contributed by atoms with Crippen molar-refractivity contribution in [3.63, 3.8) is 0 Å². The van der Waals surface area contributed by atoms with Crippen molar-refractivity contribution >= 4 is 29.1 Å². The number of aliphatic hydroxyl groups is 1. The van der Waals surface area contributed by atoms with Crippen molar-refractivity contribution < 1.29 is 24.2 Å². The summed E-state index contributed by atoms with van der Waals surface area (Å²) in [4.78, 5) is 44.3. The van der Waals surface area contributed by atoms with Crippen LogP contribution in [0.25, 0.3) is 0 Å². The highest BCUT2D eigenvalue weighted by Crippen LogP contribution is 2.15. The van der Waals surface area contributed by atoms with Gasteiger partial charge in [0.2, 0.25) is 0 Å². The Kier molecular flexibility index (Phi) is 11.2. The maximum atomic E-state index is 13.4. The van der Waals surface area contributed by atoms with Crippen molar-refractivity contribution in [1.82, 2.24) is 20.5 Å². The molecule has 0 saturated heterocycles. The molecule has 10 heteroatoms. The molecule has 2 unspecified atom stereocenters. The maximum absolute atomic E-state index is 13.4. The largest absolute Gasteiger partial charge is 0.465 e. The molecule has 0 aliphatic carbocycles. The second kappa shape index (κ2) is 15.2. The lowest BCUT2D eigenvalue weighted by atomic mass is 10.00. The van der Waals surface area contributed by atoms with Gasteiger partial charge in [0.1, 0.15) is 5.01 Å². The van der Waals surface area contributed by atoms with Gasteiger partial charge in [0, 0.05) is 42.3 Å². The van der Waals surface area contributed by atoms with E-state index in [1.165, 1.54) is 18.4 Å². The van der Waals surface area contributed by atoms with Crippen molar-refractivity contribution in [3.05, 3.63) is 123 Å². The molecule has 2 amide bonds. The topological polar surface area (TPSA) is 121 Å². The van der Waals surface area contributed by atoms with Crippen molar-refractivity contribution in [1.29, 1.82) is 0 Å². The number of rotatable bonds is 13. The van der Waals surface area contributed by atoms with E-state index < -0.39 is 24.0 Å². The second-order valence-corrected chi connectivity index (χ2v) is 11.2. The van der Waals surface area contributed by atoms with Crippen LogP contribution in [0, 0.1) is 6.92 Å². The first-order chi connectivity index (χ1) is 20.7. The lowest BCUT2D eigenvalue weighted by Gasteiger charge is -2.25. The molecular formula is C33H36N4O5S. The first-order valence-electron chi connectivity index (χ1n) is 13.9. The zero-order chi connectivity index (χ0) is 30.8. The number of aromatic nitrogens is 1. The van der Waals surface area contributed by atoms with Gasteiger partial charge in [0.15, 0.2) is 0 Å². The Hall–Kier alpha value is -4.38. The molecule has 9 nitrogen and oxygen atoms in total. The fourth-order valence-corrected chi connectivity index (χ4v) is 5.42. The number of methoxy groups -OCH3 is 1. The van der Waals surface area contributed by atoms with E-state index in [9.17, 15) is 19.5 Å². The fourth-order valence-electron chi connectivity index (χ4n) is 4.60. The molecule has 0 aliphatic rings. The van der Waals surface area contributed by atoms with Crippen LogP contribution in [0.4, 0.5) is 0 Å². The summed E-state index contributed by atoms with van der Waals surface area (Å²) in [6, 6.07) is 22.6. The van der Waals surface area contributed by atoms with E-state index in [0.717, 1.165) is 21.8 Å². The van der Waals surface area contributed by atoms with Gasteiger partial charge < -0.3 is 25.4 Å². The molecule has 0 radical (unpaired) electrons. The monoisotopic (exact) mass is 600 g/mol. The highest BCUT2D eigenvalue weighted by atomic mass is 32.1. The number of nitrogens with zero attached hydrogens (tertiary/aromatic N) is 2. The first kappa shape index (κ1) is 31.6. The Morgan fingerprint density at radius 1 is 0.953 bits per heavy atom. The van der Waals surface area contributed by atoms with Crippen molar-refractivity contribution in [2.75, 3.05) is 20.7 Å². The predicted molar refractivity (Wildman–Crippen MR) is 166 cm³/mol. The lowest BCUT2D eigenvalue weighted by molar-refractivity contribution is 0.0600. The van der Waals surface area contributed by atoms with Crippen molar-refractivity contribution in [2.24, 2.45) is 0 Å². The van der Waals surface area contributed by atoms with Gasteiger partial charge in [0.25, 0.3) is 11.8 Å². The summed E-state index contributed by atoms with van der Waals surface area (Å²) in [6.07, 6.45) is -0.521. The molecule has 3 N–H and O–H groups in total.